The van der Waals surface area contributed by atoms with Gasteiger partial charge in [-0.2, -0.15) is 0 Å². The number of aromatic nitrogens is 1. The molecule has 29 heavy (non-hydrogen) atoms. The summed E-state index contributed by atoms with van der Waals surface area (Å²) in [6, 6.07) is 9.39. The van der Waals surface area contributed by atoms with E-state index in [9.17, 15) is 9.59 Å². The topological polar surface area (TPSA) is 79.5 Å². The molecule has 2 aromatic heterocycles. The average molecular weight is 473 g/mol. The summed E-state index contributed by atoms with van der Waals surface area (Å²) in [5.74, 6) is 0.356. The predicted molar refractivity (Wildman–Crippen MR) is 117 cm³/mol. The molecule has 0 aliphatic carbocycles. The number of benzene rings is 1. The Morgan fingerprint density at radius 1 is 1.38 bits per heavy atom. The number of nitrogens with zero attached hydrogens (tertiary/aromatic N) is 2. The van der Waals surface area contributed by atoms with E-state index in [0.717, 1.165) is 20.9 Å². The third kappa shape index (κ3) is 3.96. The number of nitrogens with one attached hydrogen (secondary N) is 2. The summed E-state index contributed by atoms with van der Waals surface area (Å²) in [5, 5.41) is 7.05. The van der Waals surface area contributed by atoms with Crippen LogP contribution in [-0.4, -0.2) is 33.4 Å². The average Bonchev–Trinajstić information content (AvgIpc) is 3.38. The van der Waals surface area contributed by atoms with Crippen LogP contribution in [0.3, 0.4) is 0 Å². The largest absolute Gasteiger partial charge is 0.467 e. The molecule has 1 saturated heterocycles. The molecule has 3 heterocycles. The van der Waals surface area contributed by atoms with Gasteiger partial charge in [0.05, 0.1) is 12.8 Å². The van der Waals surface area contributed by atoms with Crippen LogP contribution in [0.15, 0.2) is 57.4 Å². The molecule has 0 unspecified atom stereocenters. The second-order valence-corrected chi connectivity index (χ2v) is 7.88. The van der Waals surface area contributed by atoms with Crippen molar-refractivity contribution in [3.05, 3.63) is 64.3 Å². The maximum absolute atomic E-state index is 12.4. The first-order valence-corrected chi connectivity index (χ1v) is 10.0. The minimum atomic E-state index is -0.193. The minimum Gasteiger partial charge on any atom is -0.467 e. The van der Waals surface area contributed by atoms with Crippen LogP contribution in [0.4, 0.5) is 0 Å². The smallest absolute Gasteiger partial charge is 0.276 e. The van der Waals surface area contributed by atoms with Crippen LogP contribution in [0.1, 0.15) is 11.3 Å². The normalized spacial score (nSPS) is 15.4. The second kappa shape index (κ2) is 7.84. The third-order valence-electron chi connectivity index (χ3n) is 4.61. The van der Waals surface area contributed by atoms with E-state index in [1.165, 1.54) is 4.90 Å². The lowest BCUT2D eigenvalue weighted by Gasteiger charge is -2.06. The first-order valence-electron chi connectivity index (χ1n) is 8.80. The fourth-order valence-corrected chi connectivity index (χ4v) is 3.68. The Morgan fingerprint density at radius 2 is 2.21 bits per heavy atom. The van der Waals surface area contributed by atoms with Gasteiger partial charge in [-0.05, 0) is 48.6 Å². The zero-order valence-corrected chi connectivity index (χ0v) is 17.8. The Bertz CT molecular complexity index is 1150. The van der Waals surface area contributed by atoms with Gasteiger partial charge in [0.25, 0.3) is 5.91 Å². The van der Waals surface area contributed by atoms with Crippen LogP contribution >= 0.6 is 28.1 Å². The van der Waals surface area contributed by atoms with Gasteiger partial charge < -0.3 is 19.6 Å². The zero-order chi connectivity index (χ0) is 20.5. The van der Waals surface area contributed by atoms with Gasteiger partial charge in [0.1, 0.15) is 18.0 Å². The number of hydrogen-bond donors (Lipinski definition) is 2. The van der Waals surface area contributed by atoms with E-state index in [1.807, 2.05) is 29.0 Å². The summed E-state index contributed by atoms with van der Waals surface area (Å²) in [6.45, 7) is 0.470. The van der Waals surface area contributed by atoms with Crippen molar-refractivity contribution in [3.63, 3.8) is 0 Å². The van der Waals surface area contributed by atoms with Crippen molar-refractivity contribution in [2.75, 3.05) is 7.05 Å². The van der Waals surface area contributed by atoms with Crippen LogP contribution < -0.4 is 10.6 Å². The van der Waals surface area contributed by atoms with Gasteiger partial charge in [0.15, 0.2) is 5.11 Å². The summed E-state index contributed by atoms with van der Waals surface area (Å²) in [7, 11) is 1.63. The molecular weight excluding hydrogens is 456 g/mol. The first kappa shape index (κ1) is 19.4. The molecule has 9 heteroatoms. The number of furan rings is 1. The van der Waals surface area contributed by atoms with Crippen molar-refractivity contribution in [1.82, 2.24) is 20.1 Å². The zero-order valence-electron chi connectivity index (χ0n) is 15.4. The molecule has 1 aromatic carbocycles. The summed E-state index contributed by atoms with van der Waals surface area (Å²) in [6.07, 6.45) is 5.18. The van der Waals surface area contributed by atoms with Crippen molar-refractivity contribution in [2.45, 2.75) is 13.1 Å². The van der Waals surface area contributed by atoms with Crippen LogP contribution in [0, 0.1) is 0 Å². The molecule has 1 aliphatic heterocycles. The lowest BCUT2D eigenvalue weighted by Crippen LogP contribution is -2.26. The molecule has 0 radical (unpaired) electrons. The fourth-order valence-electron chi connectivity index (χ4n) is 3.13. The standard InChI is InChI=1S/C20H17BrN4O3S/c1-24-19(27)16(23-20(24)29)7-12-10-25(17-5-4-13(21)8-15(12)17)11-18(26)22-9-14-3-2-6-28-14/h2-8,10H,9,11H2,1H3,(H,22,26)(H,23,29)/b16-7-. The van der Waals surface area contributed by atoms with Crippen molar-refractivity contribution in [1.29, 1.82) is 0 Å². The molecule has 4 rings (SSSR count). The molecular formula is C20H17BrN4O3S. The Hall–Kier alpha value is -2.91. The molecule has 2 amide bonds. The molecule has 1 aliphatic rings. The van der Waals surface area contributed by atoms with Crippen molar-refractivity contribution >= 4 is 62.1 Å². The highest BCUT2D eigenvalue weighted by Crippen LogP contribution is 2.27. The van der Waals surface area contributed by atoms with E-state index in [4.69, 9.17) is 16.6 Å². The van der Waals surface area contributed by atoms with Gasteiger partial charge in [0, 0.05) is 34.2 Å². The van der Waals surface area contributed by atoms with Crippen LogP contribution in [0.5, 0.6) is 0 Å². The summed E-state index contributed by atoms with van der Waals surface area (Å²) >= 11 is 8.62. The van der Waals surface area contributed by atoms with E-state index in [2.05, 4.69) is 26.6 Å². The second-order valence-electron chi connectivity index (χ2n) is 6.58. The number of carbonyl (C=O) groups is 2. The number of halogens is 1. The maximum Gasteiger partial charge on any atom is 0.276 e. The molecule has 0 atom stereocenters. The molecule has 7 nitrogen and oxygen atoms in total. The Balaban J connectivity index is 1.63. The highest BCUT2D eigenvalue weighted by Gasteiger charge is 2.27. The van der Waals surface area contributed by atoms with Gasteiger partial charge in [-0.3, -0.25) is 14.5 Å². The van der Waals surface area contributed by atoms with E-state index < -0.39 is 0 Å². The number of likely N-dealkylation sites (N-methyl/N-ethyl adjacent to an activating group) is 1. The van der Waals surface area contributed by atoms with Crippen LogP contribution in [-0.2, 0) is 22.7 Å². The lowest BCUT2D eigenvalue weighted by atomic mass is 10.1. The van der Waals surface area contributed by atoms with Gasteiger partial charge in [-0.15, -0.1) is 0 Å². The third-order valence-corrected chi connectivity index (χ3v) is 5.48. The first-order chi connectivity index (χ1) is 13.9. The number of thiocarbonyl (C=S) groups is 1. The highest BCUT2D eigenvalue weighted by molar-refractivity contribution is 9.10. The minimum absolute atomic E-state index is 0.141. The van der Waals surface area contributed by atoms with E-state index in [1.54, 1.807) is 31.5 Å². The molecule has 0 bridgehead atoms. The molecule has 0 spiro atoms. The monoisotopic (exact) mass is 472 g/mol. The highest BCUT2D eigenvalue weighted by atomic mass is 79.9. The van der Waals surface area contributed by atoms with Crippen molar-refractivity contribution < 1.29 is 14.0 Å². The number of fused-ring (bicyclic) bond motifs is 1. The van der Waals surface area contributed by atoms with Gasteiger partial charge in [-0.25, -0.2) is 0 Å². The summed E-state index contributed by atoms with van der Waals surface area (Å²) in [5.41, 5.74) is 2.10. The quantitative estimate of drug-likeness (QED) is 0.440. The van der Waals surface area contributed by atoms with Crippen molar-refractivity contribution in [3.8, 4) is 0 Å². The van der Waals surface area contributed by atoms with E-state index in [-0.39, 0.29) is 18.4 Å². The molecule has 0 saturated carbocycles. The van der Waals surface area contributed by atoms with Crippen LogP contribution in [0.2, 0.25) is 0 Å². The fraction of sp³-hybridized carbons (Fsp3) is 0.150. The molecule has 3 aromatic rings. The number of amides is 2. The Morgan fingerprint density at radius 3 is 2.90 bits per heavy atom. The predicted octanol–water partition coefficient (Wildman–Crippen LogP) is 3.00. The van der Waals surface area contributed by atoms with Gasteiger partial charge >= 0.3 is 0 Å². The van der Waals surface area contributed by atoms with E-state index >= 15 is 0 Å². The van der Waals surface area contributed by atoms with Crippen molar-refractivity contribution in [2.24, 2.45) is 0 Å². The SMILES string of the molecule is CN1C(=O)/C(=C/c2cn(CC(=O)NCc3ccco3)c3ccc(Br)cc23)NC1=S. The maximum atomic E-state index is 12.4. The molecule has 2 N–H and O–H groups in total. The molecule has 1 fully saturated rings. The Labute approximate surface area is 180 Å². The Kier molecular flexibility index (Phi) is 5.25. The summed E-state index contributed by atoms with van der Waals surface area (Å²) < 4.78 is 8.00. The van der Waals surface area contributed by atoms with Crippen LogP contribution in [0.25, 0.3) is 17.0 Å². The summed E-state index contributed by atoms with van der Waals surface area (Å²) in [4.78, 5) is 26.1. The van der Waals surface area contributed by atoms with E-state index in [0.29, 0.717) is 23.1 Å². The lowest BCUT2D eigenvalue weighted by molar-refractivity contribution is -0.122. The number of rotatable bonds is 5. The number of hydrogen-bond acceptors (Lipinski definition) is 4. The molecule has 148 valence electrons. The van der Waals surface area contributed by atoms with Gasteiger partial charge in [-0.1, -0.05) is 15.9 Å². The van der Waals surface area contributed by atoms with Gasteiger partial charge in [0.2, 0.25) is 5.91 Å². The number of carbonyl (C=O) groups excluding carboxylic acids is 2.